The number of nitrogens with one attached hydrogen (secondary N) is 1. The molecule has 152 valence electrons. The third kappa shape index (κ3) is 3.57. The second kappa shape index (κ2) is 7.26. The summed E-state index contributed by atoms with van der Waals surface area (Å²) >= 11 is 6.19. The lowest BCUT2D eigenvalue weighted by atomic mass is 9.94. The van der Waals surface area contributed by atoms with E-state index in [1.165, 1.54) is 30.7 Å². The molecule has 0 radical (unpaired) electrons. The number of hydrogen-bond donors (Lipinski definition) is 1. The normalized spacial score (nSPS) is 18.1. The molecule has 3 aromatic rings. The predicted octanol–water partition coefficient (Wildman–Crippen LogP) is 5.38. The first-order chi connectivity index (χ1) is 14.2. The van der Waals surface area contributed by atoms with E-state index in [-0.39, 0.29) is 28.6 Å². The van der Waals surface area contributed by atoms with E-state index in [9.17, 15) is 18.0 Å². The number of hydrogen-bond acceptors (Lipinski definition) is 4. The van der Waals surface area contributed by atoms with E-state index in [1.807, 2.05) is 6.07 Å². The first-order valence-corrected chi connectivity index (χ1v) is 9.39. The highest BCUT2D eigenvalue weighted by molar-refractivity contribution is 6.37. The highest BCUT2D eigenvalue weighted by atomic mass is 35.5. The smallest absolute Gasteiger partial charge is 0.310 e. The van der Waals surface area contributed by atoms with Gasteiger partial charge in [-0.25, -0.2) is 4.98 Å². The van der Waals surface area contributed by atoms with Gasteiger partial charge in [-0.05, 0) is 48.1 Å². The van der Waals surface area contributed by atoms with Crippen LogP contribution in [0.3, 0.4) is 0 Å². The Labute approximate surface area is 174 Å². The topological polar surface area (TPSA) is 78.7 Å². The number of nitrogens with zero attached hydrogens (tertiary/aromatic N) is 3. The lowest BCUT2D eigenvalue weighted by Crippen LogP contribution is -2.15. The van der Waals surface area contributed by atoms with Crippen molar-refractivity contribution in [1.82, 2.24) is 9.97 Å². The highest BCUT2D eigenvalue weighted by Crippen LogP contribution is 2.45. The molecule has 9 heteroatoms. The van der Waals surface area contributed by atoms with Gasteiger partial charge in [0.15, 0.2) is 0 Å². The summed E-state index contributed by atoms with van der Waals surface area (Å²) in [4.78, 5) is 20.2. The third-order valence-electron chi connectivity index (χ3n) is 5.12. The number of anilines is 1. The summed E-state index contributed by atoms with van der Waals surface area (Å²) in [6.07, 6.45) is -0.133. The van der Waals surface area contributed by atoms with Crippen LogP contribution in [0.2, 0.25) is 5.02 Å². The van der Waals surface area contributed by atoms with Gasteiger partial charge in [0.05, 0.1) is 28.5 Å². The van der Waals surface area contributed by atoms with Crippen LogP contribution in [0.4, 0.5) is 19.0 Å². The first kappa shape index (κ1) is 20.1. The van der Waals surface area contributed by atoms with Crippen molar-refractivity contribution in [3.63, 3.8) is 0 Å². The van der Waals surface area contributed by atoms with Crippen LogP contribution >= 0.6 is 11.6 Å². The standard InChI is InChI=1S/C21H14ClF3N4O/c1-10-2-3-27-8-15(10)14-4-11-6-17(29-20(30)13-5-12(13)7-26)28-9-16(11)19(22)18(14)21(23,24)25/h2-4,6,8-9,12-13H,5H2,1H3,(H,28,29,30)/t12-,13+/m0/s1. The molecule has 1 amide bonds. The van der Waals surface area contributed by atoms with Gasteiger partial charge in [0.2, 0.25) is 5.91 Å². The Balaban J connectivity index is 1.84. The second-order valence-electron chi connectivity index (χ2n) is 7.16. The minimum Gasteiger partial charge on any atom is -0.310 e. The van der Waals surface area contributed by atoms with Gasteiger partial charge < -0.3 is 5.32 Å². The Bertz CT molecular complexity index is 1220. The fraction of sp³-hybridized carbons (Fsp3) is 0.238. The summed E-state index contributed by atoms with van der Waals surface area (Å²) in [5.74, 6) is -0.859. The average Bonchev–Trinajstić information content (AvgIpc) is 3.47. The molecular formula is C21H14ClF3N4O. The maximum absolute atomic E-state index is 13.9. The molecule has 2 atom stereocenters. The molecule has 1 aromatic carbocycles. The lowest BCUT2D eigenvalue weighted by molar-refractivity contribution is -0.136. The quantitative estimate of drug-likeness (QED) is 0.605. The number of nitriles is 1. The van der Waals surface area contributed by atoms with E-state index in [2.05, 4.69) is 15.3 Å². The number of aryl methyl sites for hydroxylation is 1. The van der Waals surface area contributed by atoms with Crippen LogP contribution in [0.25, 0.3) is 21.9 Å². The molecule has 2 heterocycles. The monoisotopic (exact) mass is 430 g/mol. The zero-order chi connectivity index (χ0) is 21.6. The summed E-state index contributed by atoms with van der Waals surface area (Å²) in [5, 5.41) is 11.5. The van der Waals surface area contributed by atoms with Crippen LogP contribution in [0.1, 0.15) is 17.5 Å². The van der Waals surface area contributed by atoms with Crippen molar-refractivity contribution in [3.8, 4) is 17.2 Å². The van der Waals surface area contributed by atoms with E-state index in [0.717, 1.165) is 0 Å². The van der Waals surface area contributed by atoms with Gasteiger partial charge in [0.25, 0.3) is 0 Å². The van der Waals surface area contributed by atoms with Gasteiger partial charge in [-0.2, -0.15) is 18.4 Å². The number of carbonyl (C=O) groups is 1. The molecule has 1 N–H and O–H groups in total. The summed E-state index contributed by atoms with van der Waals surface area (Å²) in [6, 6.07) is 6.50. The molecule has 1 aliphatic rings. The minimum absolute atomic E-state index is 0.0965. The number of carbonyl (C=O) groups excluding carboxylic acids is 1. The van der Waals surface area contributed by atoms with Crippen molar-refractivity contribution >= 4 is 34.1 Å². The lowest BCUT2D eigenvalue weighted by Gasteiger charge is -2.18. The van der Waals surface area contributed by atoms with Gasteiger partial charge in [0.1, 0.15) is 5.82 Å². The fourth-order valence-electron chi connectivity index (χ4n) is 3.40. The van der Waals surface area contributed by atoms with Crippen molar-refractivity contribution in [3.05, 3.63) is 52.9 Å². The zero-order valence-corrected chi connectivity index (χ0v) is 16.3. The van der Waals surface area contributed by atoms with Gasteiger partial charge in [0, 0.05) is 29.5 Å². The van der Waals surface area contributed by atoms with E-state index in [1.54, 1.807) is 13.0 Å². The van der Waals surface area contributed by atoms with E-state index >= 15 is 0 Å². The Hall–Kier alpha value is -3.18. The van der Waals surface area contributed by atoms with Crippen LogP contribution in [-0.2, 0) is 11.0 Å². The molecular weight excluding hydrogens is 417 g/mol. The summed E-state index contributed by atoms with van der Waals surface area (Å²) < 4.78 is 41.6. The van der Waals surface area contributed by atoms with Crippen molar-refractivity contribution in [1.29, 1.82) is 5.26 Å². The maximum Gasteiger partial charge on any atom is 0.418 e. The molecule has 4 rings (SSSR count). The number of rotatable bonds is 3. The fourth-order valence-corrected chi connectivity index (χ4v) is 3.77. The van der Waals surface area contributed by atoms with Crippen molar-refractivity contribution in [2.75, 3.05) is 5.32 Å². The Morgan fingerprint density at radius 2 is 2.07 bits per heavy atom. The number of amides is 1. The second-order valence-corrected chi connectivity index (χ2v) is 7.54. The average molecular weight is 431 g/mol. The van der Waals surface area contributed by atoms with Crippen molar-refractivity contribution < 1.29 is 18.0 Å². The molecule has 1 fully saturated rings. The summed E-state index contributed by atoms with van der Waals surface area (Å²) in [5.41, 5.74) is -0.127. The minimum atomic E-state index is -4.69. The SMILES string of the molecule is Cc1ccncc1-c1cc2cc(NC(=O)[C@@H]3C[C@H]3C#N)ncc2c(Cl)c1C(F)(F)F. The summed E-state index contributed by atoms with van der Waals surface area (Å²) in [7, 11) is 0. The zero-order valence-electron chi connectivity index (χ0n) is 15.6. The molecule has 2 aromatic heterocycles. The third-order valence-corrected chi connectivity index (χ3v) is 5.51. The van der Waals surface area contributed by atoms with Crippen LogP contribution in [0, 0.1) is 30.1 Å². The molecule has 1 aliphatic carbocycles. The van der Waals surface area contributed by atoms with E-state index in [0.29, 0.717) is 22.9 Å². The van der Waals surface area contributed by atoms with Gasteiger partial charge in [-0.3, -0.25) is 9.78 Å². The number of pyridine rings is 2. The van der Waals surface area contributed by atoms with Crippen LogP contribution < -0.4 is 5.32 Å². The Morgan fingerprint density at radius 1 is 1.30 bits per heavy atom. The predicted molar refractivity (Wildman–Crippen MR) is 106 cm³/mol. The number of alkyl halides is 3. The molecule has 1 saturated carbocycles. The van der Waals surface area contributed by atoms with Crippen molar-refractivity contribution in [2.45, 2.75) is 19.5 Å². The van der Waals surface area contributed by atoms with Gasteiger partial charge >= 0.3 is 6.18 Å². The largest absolute Gasteiger partial charge is 0.418 e. The van der Waals surface area contributed by atoms with E-state index in [4.69, 9.17) is 16.9 Å². The molecule has 0 spiro atoms. The molecule has 5 nitrogen and oxygen atoms in total. The molecule has 30 heavy (non-hydrogen) atoms. The van der Waals surface area contributed by atoms with Crippen molar-refractivity contribution in [2.24, 2.45) is 11.8 Å². The van der Waals surface area contributed by atoms with Gasteiger partial charge in [-0.15, -0.1) is 0 Å². The van der Waals surface area contributed by atoms with Crippen LogP contribution in [0.5, 0.6) is 0 Å². The molecule has 0 saturated heterocycles. The van der Waals surface area contributed by atoms with Gasteiger partial charge in [-0.1, -0.05) is 11.6 Å². The summed E-state index contributed by atoms with van der Waals surface area (Å²) in [6.45, 7) is 1.69. The number of halogens is 4. The number of aromatic nitrogens is 2. The molecule has 0 bridgehead atoms. The Morgan fingerprint density at radius 3 is 2.70 bits per heavy atom. The Kier molecular flexibility index (Phi) is 4.86. The van der Waals surface area contributed by atoms with Crippen LogP contribution in [-0.4, -0.2) is 15.9 Å². The first-order valence-electron chi connectivity index (χ1n) is 9.01. The number of fused-ring (bicyclic) bond motifs is 1. The highest BCUT2D eigenvalue weighted by Gasteiger charge is 2.43. The van der Waals surface area contributed by atoms with E-state index < -0.39 is 22.7 Å². The number of benzene rings is 1. The molecule has 0 aliphatic heterocycles. The molecule has 0 unspecified atom stereocenters. The van der Waals surface area contributed by atoms with Crippen LogP contribution in [0.15, 0.2) is 36.8 Å². The maximum atomic E-state index is 13.9.